The number of hydrogen-bond acceptors (Lipinski definition) is 2. The highest BCUT2D eigenvalue weighted by atomic mass is 35.5. The first kappa shape index (κ1) is 16.5. The smallest absolute Gasteiger partial charge is 0.0587 e. The molecule has 1 rings (SSSR count). The van der Waals surface area contributed by atoms with Crippen LogP contribution < -0.4 is 5.32 Å². The van der Waals surface area contributed by atoms with Crippen molar-refractivity contribution in [3.05, 3.63) is 45.5 Å². The summed E-state index contributed by atoms with van der Waals surface area (Å²) in [6.07, 6.45) is 4.09. The van der Waals surface area contributed by atoms with Crippen molar-refractivity contribution >= 4 is 23.2 Å². The van der Waals surface area contributed by atoms with Crippen LogP contribution in [0.5, 0.6) is 0 Å². The molecule has 4 heteroatoms. The summed E-state index contributed by atoms with van der Waals surface area (Å²) in [4.78, 5) is 0. The van der Waals surface area contributed by atoms with Crippen molar-refractivity contribution in [3.63, 3.8) is 0 Å². The summed E-state index contributed by atoms with van der Waals surface area (Å²) in [5, 5.41) is 4.81. The Kier molecular flexibility index (Phi) is 8.15. The molecule has 1 aromatic rings. The molecule has 0 spiro atoms. The van der Waals surface area contributed by atoms with Gasteiger partial charge in [0.25, 0.3) is 0 Å². The quantitative estimate of drug-likeness (QED) is 0.576. The van der Waals surface area contributed by atoms with Crippen LogP contribution in [0.2, 0.25) is 10.0 Å². The third-order valence-electron chi connectivity index (χ3n) is 2.77. The van der Waals surface area contributed by atoms with Gasteiger partial charge in [0, 0.05) is 23.7 Å². The lowest BCUT2D eigenvalue weighted by Crippen LogP contribution is -2.19. The lowest BCUT2D eigenvalue weighted by Gasteiger charge is -2.06. The predicted octanol–water partition coefficient (Wildman–Crippen LogP) is 4.11. The molecule has 0 saturated heterocycles. The Balaban J connectivity index is 2.37. The molecule has 106 valence electrons. The van der Waals surface area contributed by atoms with Crippen molar-refractivity contribution in [1.29, 1.82) is 0 Å². The van der Waals surface area contributed by atoms with Gasteiger partial charge in [-0.05, 0) is 50.1 Å². The summed E-state index contributed by atoms with van der Waals surface area (Å²) in [6, 6.07) is 5.59. The molecular formula is C15H21Cl2NO. The van der Waals surface area contributed by atoms with Gasteiger partial charge in [-0.3, -0.25) is 0 Å². The van der Waals surface area contributed by atoms with E-state index in [1.807, 2.05) is 18.2 Å². The zero-order chi connectivity index (χ0) is 14.1. The van der Waals surface area contributed by atoms with E-state index in [-0.39, 0.29) is 0 Å². The zero-order valence-corrected chi connectivity index (χ0v) is 13.0. The van der Waals surface area contributed by atoms with E-state index < -0.39 is 0 Å². The maximum atomic E-state index is 6.15. The number of rotatable bonds is 8. The molecule has 0 amide bonds. The highest BCUT2D eigenvalue weighted by Crippen LogP contribution is 2.23. The van der Waals surface area contributed by atoms with Gasteiger partial charge in [0.2, 0.25) is 0 Å². The molecule has 0 unspecified atom stereocenters. The number of benzene rings is 1. The molecule has 0 atom stereocenters. The van der Waals surface area contributed by atoms with E-state index in [0.717, 1.165) is 48.1 Å². The molecule has 0 bridgehead atoms. The highest BCUT2D eigenvalue weighted by molar-refractivity contribution is 6.33. The molecule has 0 aliphatic heterocycles. The van der Waals surface area contributed by atoms with Crippen LogP contribution in [0.25, 0.3) is 0 Å². The Hall–Kier alpha value is -0.540. The van der Waals surface area contributed by atoms with Crippen molar-refractivity contribution in [2.24, 2.45) is 0 Å². The number of hydrogen-bond donors (Lipinski definition) is 1. The van der Waals surface area contributed by atoms with Crippen LogP contribution in [0.3, 0.4) is 0 Å². The lowest BCUT2D eigenvalue weighted by molar-refractivity contribution is 0.199. The highest BCUT2D eigenvalue weighted by Gasteiger charge is 2.02. The van der Waals surface area contributed by atoms with Crippen molar-refractivity contribution in [2.45, 2.75) is 19.8 Å². The Morgan fingerprint density at radius 2 is 2.11 bits per heavy atom. The van der Waals surface area contributed by atoms with Gasteiger partial charge < -0.3 is 10.1 Å². The van der Waals surface area contributed by atoms with E-state index in [9.17, 15) is 0 Å². The summed E-state index contributed by atoms with van der Waals surface area (Å²) < 4.78 is 4.97. The van der Waals surface area contributed by atoms with Crippen molar-refractivity contribution in [1.82, 2.24) is 5.32 Å². The summed E-state index contributed by atoms with van der Waals surface area (Å²) in [6.45, 7) is 4.72. The second kappa shape index (κ2) is 9.38. The molecule has 0 heterocycles. The van der Waals surface area contributed by atoms with Gasteiger partial charge >= 0.3 is 0 Å². The molecule has 0 aromatic heterocycles. The zero-order valence-electron chi connectivity index (χ0n) is 11.5. The first-order chi connectivity index (χ1) is 9.13. The van der Waals surface area contributed by atoms with Crippen LogP contribution in [-0.2, 0) is 11.2 Å². The SMILES string of the molecule is COCCNCCC=C(C)Cc1cc(Cl)ccc1Cl. The molecule has 1 N–H and O–H groups in total. The average molecular weight is 302 g/mol. The van der Waals surface area contributed by atoms with Gasteiger partial charge in [-0.25, -0.2) is 0 Å². The van der Waals surface area contributed by atoms with E-state index in [1.54, 1.807) is 7.11 Å². The molecule has 0 saturated carbocycles. The second-order valence-corrected chi connectivity index (χ2v) is 5.34. The molecule has 0 radical (unpaired) electrons. The maximum Gasteiger partial charge on any atom is 0.0587 e. The Bertz CT molecular complexity index is 419. The molecule has 1 aromatic carbocycles. The minimum absolute atomic E-state index is 0.730. The summed E-state index contributed by atoms with van der Waals surface area (Å²) in [5.74, 6) is 0. The first-order valence-corrected chi connectivity index (χ1v) is 7.18. The minimum Gasteiger partial charge on any atom is -0.383 e. The molecule has 0 aliphatic rings. The van der Waals surface area contributed by atoms with Crippen LogP contribution in [0, 0.1) is 0 Å². The van der Waals surface area contributed by atoms with E-state index in [0.29, 0.717) is 0 Å². The van der Waals surface area contributed by atoms with Gasteiger partial charge in [-0.2, -0.15) is 0 Å². The Morgan fingerprint density at radius 3 is 2.84 bits per heavy atom. The van der Waals surface area contributed by atoms with Crippen LogP contribution >= 0.6 is 23.2 Å². The average Bonchev–Trinajstić information content (AvgIpc) is 2.38. The molecule has 19 heavy (non-hydrogen) atoms. The lowest BCUT2D eigenvalue weighted by atomic mass is 10.1. The van der Waals surface area contributed by atoms with E-state index >= 15 is 0 Å². The minimum atomic E-state index is 0.730. The number of halogens is 2. The maximum absolute atomic E-state index is 6.15. The number of allylic oxidation sites excluding steroid dienone is 1. The van der Waals surface area contributed by atoms with Crippen LogP contribution in [0.1, 0.15) is 18.9 Å². The van der Waals surface area contributed by atoms with Crippen LogP contribution in [0.4, 0.5) is 0 Å². The van der Waals surface area contributed by atoms with E-state index in [1.165, 1.54) is 5.57 Å². The van der Waals surface area contributed by atoms with Gasteiger partial charge in [-0.1, -0.05) is 34.9 Å². The fourth-order valence-corrected chi connectivity index (χ4v) is 2.15. The Morgan fingerprint density at radius 1 is 1.32 bits per heavy atom. The molecule has 0 aliphatic carbocycles. The molecular weight excluding hydrogens is 281 g/mol. The van der Waals surface area contributed by atoms with Gasteiger partial charge in [0.05, 0.1) is 6.61 Å². The van der Waals surface area contributed by atoms with E-state index in [4.69, 9.17) is 27.9 Å². The standard InChI is InChI=1S/C15H21Cl2NO/c1-12(4-3-7-18-8-9-19-2)10-13-11-14(16)5-6-15(13)17/h4-6,11,18H,3,7-10H2,1-2H3. The normalized spacial score (nSPS) is 11.9. The number of methoxy groups -OCH3 is 1. The van der Waals surface area contributed by atoms with E-state index in [2.05, 4.69) is 18.3 Å². The fourth-order valence-electron chi connectivity index (χ4n) is 1.77. The molecule has 0 fully saturated rings. The monoisotopic (exact) mass is 301 g/mol. The second-order valence-electron chi connectivity index (χ2n) is 4.49. The van der Waals surface area contributed by atoms with Gasteiger partial charge in [-0.15, -0.1) is 0 Å². The Labute approximate surface area is 125 Å². The summed E-state index contributed by atoms with van der Waals surface area (Å²) in [5.41, 5.74) is 2.38. The van der Waals surface area contributed by atoms with Gasteiger partial charge in [0.15, 0.2) is 0 Å². The summed E-state index contributed by atoms with van der Waals surface area (Å²) in [7, 11) is 1.71. The molecule has 2 nitrogen and oxygen atoms in total. The predicted molar refractivity (Wildman–Crippen MR) is 83.3 cm³/mol. The summed E-state index contributed by atoms with van der Waals surface area (Å²) >= 11 is 12.1. The number of ether oxygens (including phenoxy) is 1. The van der Waals surface area contributed by atoms with Gasteiger partial charge in [0.1, 0.15) is 0 Å². The fraction of sp³-hybridized carbons (Fsp3) is 0.467. The van der Waals surface area contributed by atoms with Crippen molar-refractivity contribution < 1.29 is 4.74 Å². The first-order valence-electron chi connectivity index (χ1n) is 6.42. The third-order valence-corrected chi connectivity index (χ3v) is 3.38. The largest absolute Gasteiger partial charge is 0.383 e. The third kappa shape index (κ3) is 6.98. The van der Waals surface area contributed by atoms with Crippen LogP contribution in [0.15, 0.2) is 29.8 Å². The van der Waals surface area contributed by atoms with Crippen molar-refractivity contribution in [3.8, 4) is 0 Å². The topological polar surface area (TPSA) is 21.3 Å². The number of nitrogens with one attached hydrogen (secondary N) is 1. The van der Waals surface area contributed by atoms with Crippen LogP contribution in [-0.4, -0.2) is 26.8 Å². The van der Waals surface area contributed by atoms with Crippen molar-refractivity contribution in [2.75, 3.05) is 26.8 Å².